The molecule has 0 unspecified atom stereocenters. The summed E-state index contributed by atoms with van der Waals surface area (Å²) >= 11 is 0. The molecule has 4 rings (SSSR count). The van der Waals surface area contributed by atoms with Crippen LogP contribution >= 0.6 is 0 Å². The number of carbonyl (C=O) groups is 1. The zero-order valence-corrected chi connectivity index (χ0v) is 16.3. The number of ether oxygens (including phenoxy) is 1. The number of hydrogen-bond donors (Lipinski definition) is 2. The molecule has 2 N–H and O–H groups in total. The lowest BCUT2D eigenvalue weighted by Crippen LogP contribution is -1.94. The van der Waals surface area contributed by atoms with Gasteiger partial charge in [0.15, 0.2) is 0 Å². The van der Waals surface area contributed by atoms with Crippen LogP contribution in [-0.4, -0.2) is 23.2 Å². The van der Waals surface area contributed by atoms with Gasteiger partial charge in [0.2, 0.25) is 0 Å². The molecule has 3 aromatic carbocycles. The van der Waals surface area contributed by atoms with Crippen molar-refractivity contribution in [2.45, 2.75) is 6.92 Å². The summed E-state index contributed by atoms with van der Waals surface area (Å²) in [6, 6.07) is 21.2. The number of hydrogen-bond acceptors (Lipinski definition) is 2. The number of nitrogens with one attached hydrogen (secondary N) is 1. The zero-order valence-electron chi connectivity index (χ0n) is 16.3. The van der Waals surface area contributed by atoms with Crippen LogP contribution in [0.4, 0.5) is 0 Å². The molecule has 0 fully saturated rings. The molecule has 0 bridgehead atoms. The number of aromatic nitrogens is 1. The van der Waals surface area contributed by atoms with Gasteiger partial charge in [-0.2, -0.15) is 0 Å². The average molecular weight is 383 g/mol. The minimum absolute atomic E-state index is 0.274. The monoisotopic (exact) mass is 383 g/mol. The van der Waals surface area contributed by atoms with Crippen LogP contribution in [0.1, 0.15) is 22.8 Å². The summed E-state index contributed by atoms with van der Waals surface area (Å²) in [6.45, 7) is 6.11. The number of H-pyrrole nitrogens is 1. The molecule has 4 nitrogen and oxygen atoms in total. The Balaban J connectivity index is 1.76. The second-order valence-corrected chi connectivity index (χ2v) is 7.02. The Hall–Kier alpha value is -3.79. The lowest BCUT2D eigenvalue weighted by atomic mass is 9.96. The van der Waals surface area contributed by atoms with Gasteiger partial charge in [-0.15, -0.1) is 0 Å². The Morgan fingerprint density at radius 2 is 1.55 bits per heavy atom. The van der Waals surface area contributed by atoms with E-state index >= 15 is 0 Å². The van der Waals surface area contributed by atoms with E-state index in [1.54, 1.807) is 19.2 Å². The van der Waals surface area contributed by atoms with Crippen molar-refractivity contribution in [1.29, 1.82) is 0 Å². The molecule has 4 aromatic rings. The van der Waals surface area contributed by atoms with Crippen LogP contribution < -0.4 is 4.74 Å². The van der Waals surface area contributed by atoms with Crippen LogP contribution in [-0.2, 0) is 0 Å². The number of carboxylic acids is 1. The van der Waals surface area contributed by atoms with Crippen LogP contribution in [0.5, 0.6) is 5.75 Å². The summed E-state index contributed by atoms with van der Waals surface area (Å²) < 4.78 is 5.52. The molecule has 0 aliphatic heterocycles. The van der Waals surface area contributed by atoms with Gasteiger partial charge in [-0.1, -0.05) is 36.4 Å². The van der Waals surface area contributed by atoms with E-state index < -0.39 is 5.97 Å². The molecule has 144 valence electrons. The van der Waals surface area contributed by atoms with Gasteiger partial charge in [-0.25, -0.2) is 4.79 Å². The smallest absolute Gasteiger partial charge is 0.335 e. The second-order valence-electron chi connectivity index (χ2n) is 7.02. The number of fused-ring (bicyclic) bond motifs is 1. The third kappa shape index (κ3) is 3.41. The van der Waals surface area contributed by atoms with Crippen molar-refractivity contribution in [3.8, 4) is 28.3 Å². The molecule has 0 aliphatic carbocycles. The van der Waals surface area contributed by atoms with Gasteiger partial charge in [0.05, 0.1) is 12.7 Å². The molecule has 0 radical (unpaired) electrons. The number of rotatable bonds is 5. The van der Waals surface area contributed by atoms with E-state index in [4.69, 9.17) is 9.84 Å². The van der Waals surface area contributed by atoms with Crippen molar-refractivity contribution in [1.82, 2.24) is 4.98 Å². The molecule has 0 spiro atoms. The van der Waals surface area contributed by atoms with Crippen LogP contribution in [0.3, 0.4) is 0 Å². The first-order valence-electron chi connectivity index (χ1n) is 9.27. The molecule has 0 saturated carbocycles. The predicted molar refractivity (Wildman–Crippen MR) is 117 cm³/mol. The highest BCUT2D eigenvalue weighted by atomic mass is 16.5. The normalized spacial score (nSPS) is 10.8. The molecule has 0 aliphatic rings. The van der Waals surface area contributed by atoms with Crippen molar-refractivity contribution in [3.63, 3.8) is 0 Å². The third-order valence-corrected chi connectivity index (χ3v) is 5.10. The summed E-state index contributed by atoms with van der Waals surface area (Å²) in [4.78, 5) is 14.5. The summed E-state index contributed by atoms with van der Waals surface area (Å²) in [5.41, 5.74) is 6.28. The average Bonchev–Trinajstić information content (AvgIpc) is 3.22. The van der Waals surface area contributed by atoms with Gasteiger partial charge in [0.1, 0.15) is 5.75 Å². The van der Waals surface area contributed by atoms with Gasteiger partial charge < -0.3 is 14.8 Å². The lowest BCUT2D eigenvalue weighted by Gasteiger charge is -2.12. The van der Waals surface area contributed by atoms with E-state index in [1.807, 2.05) is 43.3 Å². The maximum absolute atomic E-state index is 11.0. The van der Waals surface area contributed by atoms with Crippen LogP contribution in [0, 0.1) is 0 Å². The fourth-order valence-corrected chi connectivity index (χ4v) is 3.56. The lowest BCUT2D eigenvalue weighted by molar-refractivity contribution is 0.0697. The van der Waals surface area contributed by atoms with Crippen molar-refractivity contribution in [3.05, 3.63) is 84.4 Å². The maximum Gasteiger partial charge on any atom is 0.335 e. The molecular weight excluding hydrogens is 362 g/mol. The van der Waals surface area contributed by atoms with Gasteiger partial charge in [0, 0.05) is 16.8 Å². The van der Waals surface area contributed by atoms with E-state index in [0.29, 0.717) is 0 Å². The topological polar surface area (TPSA) is 62.3 Å². The number of aromatic amines is 1. The fourth-order valence-electron chi connectivity index (χ4n) is 3.56. The Kier molecular flexibility index (Phi) is 4.69. The molecule has 29 heavy (non-hydrogen) atoms. The SMILES string of the molecule is C=C(C)c1ccc(OC)c2ccc(-c3ccc(-c4ccc(C(=O)O)cc4)[nH]3)cc12. The zero-order chi connectivity index (χ0) is 20.5. The minimum atomic E-state index is -0.927. The molecule has 0 amide bonds. The number of carboxylic acid groups (broad SMARTS) is 1. The molecule has 1 heterocycles. The molecule has 0 atom stereocenters. The fraction of sp³-hybridized carbons (Fsp3) is 0.0800. The van der Waals surface area contributed by atoms with E-state index in [9.17, 15) is 4.79 Å². The second kappa shape index (κ2) is 7.32. The van der Waals surface area contributed by atoms with Gasteiger partial charge in [-0.05, 0) is 71.5 Å². The first kappa shape index (κ1) is 18.6. The standard InChI is InChI=1S/C25H21NO3/c1-15(2)19-10-13-24(29-3)20-9-8-18(14-21(19)20)23-12-11-22(26-23)16-4-6-17(7-5-16)25(27)28/h4-14,26H,1H2,2-3H3,(H,27,28). The predicted octanol–water partition coefficient (Wildman–Crippen LogP) is 6.24. The molecule has 4 heteroatoms. The summed E-state index contributed by atoms with van der Waals surface area (Å²) in [7, 11) is 1.68. The first-order valence-corrected chi connectivity index (χ1v) is 9.27. The maximum atomic E-state index is 11.0. The van der Waals surface area contributed by atoms with Crippen molar-refractivity contribution in [2.75, 3.05) is 7.11 Å². The number of allylic oxidation sites excluding steroid dienone is 1. The van der Waals surface area contributed by atoms with Crippen LogP contribution in [0.15, 0.2) is 73.3 Å². The summed E-state index contributed by atoms with van der Waals surface area (Å²) in [5.74, 6) is -0.0918. The van der Waals surface area contributed by atoms with Crippen molar-refractivity contribution >= 4 is 22.3 Å². The van der Waals surface area contributed by atoms with Gasteiger partial charge in [0.25, 0.3) is 0 Å². The Labute approximate surface area is 169 Å². The number of aromatic carboxylic acids is 1. The molecular formula is C25H21NO3. The van der Waals surface area contributed by atoms with Crippen molar-refractivity contribution in [2.24, 2.45) is 0 Å². The quantitative estimate of drug-likeness (QED) is 0.429. The third-order valence-electron chi connectivity index (χ3n) is 5.10. The molecule has 1 aromatic heterocycles. The van der Waals surface area contributed by atoms with Crippen LogP contribution in [0.2, 0.25) is 0 Å². The first-order chi connectivity index (χ1) is 14.0. The minimum Gasteiger partial charge on any atom is -0.496 e. The Bertz CT molecular complexity index is 1230. The highest BCUT2D eigenvalue weighted by Crippen LogP contribution is 2.35. The summed E-state index contributed by atoms with van der Waals surface area (Å²) in [5, 5.41) is 11.2. The van der Waals surface area contributed by atoms with E-state index in [2.05, 4.69) is 29.8 Å². The summed E-state index contributed by atoms with van der Waals surface area (Å²) in [6.07, 6.45) is 0. The largest absolute Gasteiger partial charge is 0.496 e. The number of benzene rings is 3. The molecule has 0 saturated heterocycles. The number of methoxy groups -OCH3 is 1. The highest BCUT2D eigenvalue weighted by Gasteiger charge is 2.11. The van der Waals surface area contributed by atoms with Crippen molar-refractivity contribution < 1.29 is 14.6 Å². The Morgan fingerprint density at radius 1 is 0.897 bits per heavy atom. The van der Waals surface area contributed by atoms with Crippen LogP contribution in [0.25, 0.3) is 38.9 Å². The van der Waals surface area contributed by atoms with E-state index in [1.165, 1.54) is 0 Å². The van der Waals surface area contributed by atoms with Gasteiger partial charge >= 0.3 is 5.97 Å². The Morgan fingerprint density at radius 3 is 2.17 bits per heavy atom. The van der Waals surface area contributed by atoms with Gasteiger partial charge in [-0.3, -0.25) is 0 Å². The van der Waals surface area contributed by atoms with E-state index in [-0.39, 0.29) is 5.56 Å². The highest BCUT2D eigenvalue weighted by molar-refractivity contribution is 5.99. The van der Waals surface area contributed by atoms with E-state index in [0.717, 1.165) is 50.2 Å².